The quantitative estimate of drug-likeness (QED) is 0.391. The number of nitrogens with zero attached hydrogens (tertiary/aromatic N) is 2. The van der Waals surface area contributed by atoms with E-state index in [1.165, 1.54) is 12.4 Å². The van der Waals surface area contributed by atoms with Crippen LogP contribution in [0.1, 0.15) is 0 Å². The molecule has 2 nitrogen and oxygen atoms in total. The SMILES string of the molecule is C=CC=CN=NC=C. The highest BCUT2D eigenvalue weighted by Crippen LogP contribution is 1.77. The molecule has 0 atom stereocenters. The zero-order valence-corrected chi connectivity index (χ0v) is 4.62. The maximum Gasteiger partial charge on any atom is 0.0495 e. The van der Waals surface area contributed by atoms with Crippen molar-refractivity contribution in [2.45, 2.75) is 0 Å². The van der Waals surface area contributed by atoms with Crippen molar-refractivity contribution in [2.75, 3.05) is 0 Å². The molecular formula is C6H8N2. The summed E-state index contributed by atoms with van der Waals surface area (Å²) in [6.07, 6.45) is 6.22. The fourth-order valence-electron chi connectivity index (χ4n) is 0.185. The summed E-state index contributed by atoms with van der Waals surface area (Å²) in [4.78, 5) is 0. The third-order valence-electron chi connectivity index (χ3n) is 0.437. The Morgan fingerprint density at radius 1 is 1.12 bits per heavy atom. The minimum absolute atomic E-state index is 1.37. The molecule has 0 spiro atoms. The van der Waals surface area contributed by atoms with Gasteiger partial charge in [0.1, 0.15) is 0 Å². The minimum Gasteiger partial charge on any atom is -0.160 e. The van der Waals surface area contributed by atoms with Crippen molar-refractivity contribution in [3.8, 4) is 0 Å². The number of hydrogen-bond acceptors (Lipinski definition) is 2. The zero-order chi connectivity index (χ0) is 6.24. The van der Waals surface area contributed by atoms with Crippen LogP contribution in [-0.2, 0) is 0 Å². The molecule has 0 aromatic carbocycles. The van der Waals surface area contributed by atoms with Gasteiger partial charge in [0.15, 0.2) is 0 Å². The van der Waals surface area contributed by atoms with Crippen LogP contribution in [0.25, 0.3) is 0 Å². The molecule has 0 amide bonds. The molecule has 8 heavy (non-hydrogen) atoms. The molecule has 0 bridgehead atoms. The molecule has 0 saturated carbocycles. The lowest BCUT2D eigenvalue weighted by Crippen LogP contribution is -1.44. The normalized spacial score (nSPS) is 10.5. The highest BCUT2D eigenvalue weighted by atomic mass is 15.1. The summed E-state index contributed by atoms with van der Waals surface area (Å²) >= 11 is 0. The molecule has 0 aromatic rings. The van der Waals surface area contributed by atoms with E-state index < -0.39 is 0 Å². The van der Waals surface area contributed by atoms with Crippen LogP contribution in [0.4, 0.5) is 0 Å². The van der Waals surface area contributed by atoms with Gasteiger partial charge in [0.2, 0.25) is 0 Å². The third-order valence-corrected chi connectivity index (χ3v) is 0.437. The lowest BCUT2D eigenvalue weighted by Gasteiger charge is -1.67. The summed E-state index contributed by atoms with van der Waals surface area (Å²) in [5, 5.41) is 7.00. The molecule has 0 heterocycles. The molecule has 0 aliphatic carbocycles. The van der Waals surface area contributed by atoms with Crippen molar-refractivity contribution in [1.29, 1.82) is 0 Å². The van der Waals surface area contributed by atoms with E-state index >= 15 is 0 Å². The molecule has 0 aliphatic rings. The molecular weight excluding hydrogens is 100 g/mol. The predicted molar refractivity (Wildman–Crippen MR) is 34.4 cm³/mol. The van der Waals surface area contributed by atoms with E-state index in [4.69, 9.17) is 0 Å². The van der Waals surface area contributed by atoms with Gasteiger partial charge in [-0.25, -0.2) is 0 Å². The van der Waals surface area contributed by atoms with Gasteiger partial charge in [0, 0.05) is 12.4 Å². The van der Waals surface area contributed by atoms with Crippen LogP contribution in [0.2, 0.25) is 0 Å². The number of allylic oxidation sites excluding steroid dienone is 2. The largest absolute Gasteiger partial charge is 0.160 e. The summed E-state index contributed by atoms with van der Waals surface area (Å²) in [7, 11) is 0. The van der Waals surface area contributed by atoms with Gasteiger partial charge in [-0.2, -0.15) is 10.2 Å². The van der Waals surface area contributed by atoms with E-state index in [-0.39, 0.29) is 0 Å². The van der Waals surface area contributed by atoms with Gasteiger partial charge in [-0.3, -0.25) is 0 Å². The van der Waals surface area contributed by atoms with Crippen molar-refractivity contribution in [1.82, 2.24) is 0 Å². The Kier molecular flexibility index (Phi) is 4.96. The summed E-state index contributed by atoms with van der Waals surface area (Å²) in [6.45, 7) is 6.78. The fourth-order valence-corrected chi connectivity index (χ4v) is 0.185. The van der Waals surface area contributed by atoms with E-state index in [1.54, 1.807) is 12.2 Å². The van der Waals surface area contributed by atoms with E-state index in [1.807, 2.05) is 0 Å². The minimum atomic E-state index is 1.37. The van der Waals surface area contributed by atoms with Crippen molar-refractivity contribution in [2.24, 2.45) is 10.2 Å². The Labute approximate surface area is 48.9 Å². The maximum absolute atomic E-state index is 3.53. The van der Waals surface area contributed by atoms with Crippen LogP contribution in [0.5, 0.6) is 0 Å². The second-order valence-electron chi connectivity index (χ2n) is 0.991. The van der Waals surface area contributed by atoms with E-state index in [0.717, 1.165) is 0 Å². The standard InChI is InChI=1S/C6H8N2/c1-3-5-6-8-7-4-2/h3-6H,1-2H2. The molecule has 0 fully saturated rings. The van der Waals surface area contributed by atoms with Gasteiger partial charge >= 0.3 is 0 Å². The predicted octanol–water partition coefficient (Wildman–Crippen LogP) is 2.28. The lowest BCUT2D eigenvalue weighted by atomic mass is 10.6. The Hall–Kier alpha value is -1.18. The van der Waals surface area contributed by atoms with Crippen LogP contribution in [0.15, 0.2) is 47.9 Å². The Bertz CT molecular complexity index is 106. The number of hydrogen-bond donors (Lipinski definition) is 0. The Balaban J connectivity index is 3.41. The van der Waals surface area contributed by atoms with Crippen molar-refractivity contribution >= 4 is 0 Å². The highest BCUT2D eigenvalue weighted by Gasteiger charge is 1.55. The van der Waals surface area contributed by atoms with Crippen LogP contribution < -0.4 is 0 Å². The third kappa shape index (κ3) is 4.82. The van der Waals surface area contributed by atoms with Gasteiger partial charge in [-0.05, 0) is 6.08 Å². The first-order chi connectivity index (χ1) is 3.91. The summed E-state index contributed by atoms with van der Waals surface area (Å²) < 4.78 is 0. The molecule has 0 rings (SSSR count). The van der Waals surface area contributed by atoms with E-state index in [0.29, 0.717) is 0 Å². The summed E-state index contributed by atoms with van der Waals surface area (Å²) in [5.41, 5.74) is 0. The topological polar surface area (TPSA) is 24.7 Å². The van der Waals surface area contributed by atoms with Gasteiger partial charge in [-0.15, -0.1) is 0 Å². The maximum atomic E-state index is 3.53. The molecule has 0 unspecified atom stereocenters. The van der Waals surface area contributed by atoms with Crippen LogP contribution in [-0.4, -0.2) is 0 Å². The second-order valence-corrected chi connectivity index (χ2v) is 0.991. The first-order valence-electron chi connectivity index (χ1n) is 2.20. The molecule has 0 N–H and O–H groups in total. The smallest absolute Gasteiger partial charge is 0.0495 e. The van der Waals surface area contributed by atoms with E-state index in [2.05, 4.69) is 23.4 Å². The van der Waals surface area contributed by atoms with Gasteiger partial charge < -0.3 is 0 Å². The van der Waals surface area contributed by atoms with Crippen LogP contribution >= 0.6 is 0 Å². The summed E-state index contributed by atoms with van der Waals surface area (Å²) in [5.74, 6) is 0. The first-order valence-corrected chi connectivity index (χ1v) is 2.20. The second kappa shape index (κ2) is 5.82. The molecule has 2 heteroatoms. The number of azo groups is 1. The molecule has 0 radical (unpaired) electrons. The van der Waals surface area contributed by atoms with Crippen LogP contribution in [0.3, 0.4) is 0 Å². The molecule has 42 valence electrons. The molecule has 0 aliphatic heterocycles. The summed E-state index contributed by atoms with van der Waals surface area (Å²) in [6, 6.07) is 0. The number of rotatable bonds is 3. The fraction of sp³-hybridized carbons (Fsp3) is 0. The lowest BCUT2D eigenvalue weighted by molar-refractivity contribution is 1.23. The van der Waals surface area contributed by atoms with Crippen molar-refractivity contribution in [3.05, 3.63) is 37.7 Å². The monoisotopic (exact) mass is 108 g/mol. The first kappa shape index (κ1) is 6.82. The average Bonchev–Trinajstić information content (AvgIpc) is 1.81. The molecule has 0 aromatic heterocycles. The highest BCUT2D eigenvalue weighted by molar-refractivity contribution is 4.95. The molecule has 0 saturated heterocycles. The zero-order valence-electron chi connectivity index (χ0n) is 4.62. The van der Waals surface area contributed by atoms with Gasteiger partial charge in [0.05, 0.1) is 0 Å². The van der Waals surface area contributed by atoms with Crippen molar-refractivity contribution < 1.29 is 0 Å². The average molecular weight is 108 g/mol. The van der Waals surface area contributed by atoms with E-state index in [9.17, 15) is 0 Å². The van der Waals surface area contributed by atoms with Crippen molar-refractivity contribution in [3.63, 3.8) is 0 Å². The van der Waals surface area contributed by atoms with Gasteiger partial charge in [0.25, 0.3) is 0 Å². The van der Waals surface area contributed by atoms with Crippen LogP contribution in [0, 0.1) is 0 Å². The Morgan fingerprint density at radius 2 is 1.88 bits per heavy atom. The Morgan fingerprint density at radius 3 is 2.38 bits per heavy atom. The van der Waals surface area contributed by atoms with Gasteiger partial charge in [-0.1, -0.05) is 19.2 Å².